The second-order valence-electron chi connectivity index (χ2n) is 7.13. The molecule has 8 heteroatoms. The summed E-state index contributed by atoms with van der Waals surface area (Å²) >= 11 is 12.0. The van der Waals surface area contributed by atoms with Gasteiger partial charge in [0.2, 0.25) is 15.9 Å². The van der Waals surface area contributed by atoms with E-state index in [1.807, 2.05) is 0 Å². The maximum Gasteiger partial charge on any atom is 0.243 e. The van der Waals surface area contributed by atoms with E-state index in [9.17, 15) is 13.2 Å². The summed E-state index contributed by atoms with van der Waals surface area (Å²) < 4.78 is 27.2. The maximum atomic E-state index is 12.8. The predicted octanol–water partition coefficient (Wildman–Crippen LogP) is 5.13. The van der Waals surface area contributed by atoms with Crippen LogP contribution >= 0.6 is 23.2 Å². The fourth-order valence-corrected chi connectivity index (χ4v) is 5.36. The number of hydrogen-bond donors (Lipinski definition) is 1. The summed E-state index contributed by atoms with van der Waals surface area (Å²) in [6.07, 6.45) is 4.67. The minimum Gasteiger partial charge on any atom is -0.326 e. The molecule has 1 N–H and O–H groups in total. The van der Waals surface area contributed by atoms with Gasteiger partial charge in [-0.25, -0.2) is 8.42 Å². The summed E-state index contributed by atoms with van der Waals surface area (Å²) in [5.74, 6) is -0.167. The van der Waals surface area contributed by atoms with Gasteiger partial charge >= 0.3 is 0 Å². The van der Waals surface area contributed by atoms with Crippen LogP contribution in [0.3, 0.4) is 0 Å². The normalized spacial score (nSPS) is 15.7. The van der Waals surface area contributed by atoms with Gasteiger partial charge < -0.3 is 5.32 Å². The molecule has 2 aromatic carbocycles. The van der Waals surface area contributed by atoms with Crippen molar-refractivity contribution in [2.75, 3.05) is 18.4 Å². The summed E-state index contributed by atoms with van der Waals surface area (Å²) in [7, 11) is -3.49. The molecule has 1 fully saturated rings. The highest BCUT2D eigenvalue weighted by Gasteiger charge is 2.24. The second kappa shape index (κ2) is 9.94. The molecule has 1 aliphatic heterocycles. The van der Waals surface area contributed by atoms with Crippen molar-refractivity contribution < 1.29 is 13.2 Å². The van der Waals surface area contributed by atoms with Crippen molar-refractivity contribution in [1.29, 1.82) is 0 Å². The Labute approximate surface area is 182 Å². The highest BCUT2D eigenvalue weighted by Crippen LogP contribution is 2.23. The highest BCUT2D eigenvalue weighted by atomic mass is 35.5. The zero-order chi connectivity index (χ0) is 20.9. The Hall–Kier alpha value is -1.60. The van der Waals surface area contributed by atoms with E-state index in [0.29, 0.717) is 35.2 Å². The molecule has 0 spiro atoms. The van der Waals surface area contributed by atoms with Crippen LogP contribution in [0.15, 0.2) is 47.4 Å². The quantitative estimate of drug-likeness (QED) is 0.657. The van der Waals surface area contributed by atoms with Crippen molar-refractivity contribution in [2.45, 2.75) is 43.4 Å². The van der Waals surface area contributed by atoms with E-state index in [0.717, 1.165) is 31.2 Å². The van der Waals surface area contributed by atoms with E-state index in [4.69, 9.17) is 23.2 Å². The third-order valence-corrected chi connectivity index (χ3v) is 7.48. The number of nitrogens with one attached hydrogen (secondary N) is 1. The molecule has 0 atom stereocenters. The van der Waals surface area contributed by atoms with Crippen LogP contribution in [0, 0.1) is 0 Å². The molecule has 29 heavy (non-hydrogen) atoms. The molecule has 2 aromatic rings. The van der Waals surface area contributed by atoms with Gasteiger partial charge in [0.15, 0.2) is 0 Å². The van der Waals surface area contributed by atoms with Gasteiger partial charge in [0.1, 0.15) is 0 Å². The van der Waals surface area contributed by atoms with E-state index in [1.54, 1.807) is 46.8 Å². The Morgan fingerprint density at radius 1 is 0.966 bits per heavy atom. The number of rotatable bonds is 6. The van der Waals surface area contributed by atoms with Crippen LogP contribution < -0.4 is 5.32 Å². The lowest BCUT2D eigenvalue weighted by Gasteiger charge is -2.20. The van der Waals surface area contributed by atoms with E-state index in [2.05, 4.69) is 5.32 Å². The minimum absolute atomic E-state index is 0.167. The number of nitrogens with zero attached hydrogens (tertiary/aromatic N) is 1. The third-order valence-electron chi connectivity index (χ3n) is 4.98. The lowest BCUT2D eigenvalue weighted by atomic mass is 10.1. The first kappa shape index (κ1) is 22.1. The molecule has 0 radical (unpaired) electrons. The Kier molecular flexibility index (Phi) is 7.57. The molecule has 156 valence electrons. The SMILES string of the molecule is O=C(CCc1ccc(Cl)cc1Cl)Nc1ccc(S(=O)(=O)N2CCCCCC2)cc1. The number of aryl methyl sites for hydroxylation is 1. The molecular formula is C21H24Cl2N2O3S. The van der Waals surface area contributed by atoms with Gasteiger partial charge in [-0.15, -0.1) is 0 Å². The molecule has 0 saturated carbocycles. The van der Waals surface area contributed by atoms with Crippen LogP contribution in [0.25, 0.3) is 0 Å². The standard InChI is InChI=1S/C21H24Cl2N2O3S/c22-17-7-5-16(20(23)15-17)6-12-21(26)24-18-8-10-19(11-9-18)29(27,28)25-13-3-1-2-4-14-25/h5,7-11,15H,1-4,6,12-14H2,(H,24,26). The molecular weight excluding hydrogens is 431 g/mol. The number of carbonyl (C=O) groups excluding carboxylic acids is 1. The number of sulfonamides is 1. The van der Waals surface area contributed by atoms with Gasteiger partial charge in [-0.2, -0.15) is 4.31 Å². The van der Waals surface area contributed by atoms with Gasteiger partial charge in [-0.1, -0.05) is 42.1 Å². The number of hydrogen-bond acceptors (Lipinski definition) is 3. The van der Waals surface area contributed by atoms with Crippen LogP contribution in [0.2, 0.25) is 10.0 Å². The van der Waals surface area contributed by atoms with Gasteiger partial charge in [-0.05, 0) is 61.2 Å². The van der Waals surface area contributed by atoms with Crippen LogP contribution in [0.5, 0.6) is 0 Å². The fraction of sp³-hybridized carbons (Fsp3) is 0.381. The average Bonchev–Trinajstić information content (AvgIpc) is 2.98. The van der Waals surface area contributed by atoms with E-state index < -0.39 is 10.0 Å². The molecule has 5 nitrogen and oxygen atoms in total. The summed E-state index contributed by atoms with van der Waals surface area (Å²) in [5, 5.41) is 3.88. The Morgan fingerprint density at radius 3 is 2.24 bits per heavy atom. The van der Waals surface area contributed by atoms with Crippen molar-refractivity contribution in [3.05, 3.63) is 58.1 Å². The third kappa shape index (κ3) is 5.95. The van der Waals surface area contributed by atoms with Crippen molar-refractivity contribution >= 4 is 44.8 Å². The van der Waals surface area contributed by atoms with E-state index in [-0.39, 0.29) is 17.2 Å². The van der Waals surface area contributed by atoms with Gasteiger partial charge in [0.25, 0.3) is 0 Å². The van der Waals surface area contributed by atoms with Crippen LogP contribution in [-0.2, 0) is 21.2 Å². The molecule has 3 rings (SSSR count). The van der Waals surface area contributed by atoms with Crippen molar-refractivity contribution in [1.82, 2.24) is 4.31 Å². The molecule has 1 aliphatic rings. The van der Waals surface area contributed by atoms with Crippen LogP contribution in [0.1, 0.15) is 37.7 Å². The molecule has 0 bridgehead atoms. The number of halogens is 2. The zero-order valence-corrected chi connectivity index (χ0v) is 18.4. The molecule has 0 unspecified atom stereocenters. The molecule has 0 aromatic heterocycles. The summed E-state index contributed by atoms with van der Waals surface area (Å²) in [4.78, 5) is 12.5. The number of amides is 1. The largest absolute Gasteiger partial charge is 0.326 e. The first-order valence-corrected chi connectivity index (χ1v) is 11.9. The van der Waals surface area contributed by atoms with E-state index in [1.165, 1.54) is 0 Å². The second-order valence-corrected chi connectivity index (χ2v) is 9.91. The summed E-state index contributed by atoms with van der Waals surface area (Å²) in [5.41, 5.74) is 1.41. The first-order valence-electron chi connectivity index (χ1n) is 9.70. The van der Waals surface area contributed by atoms with Gasteiger partial charge in [0, 0.05) is 35.2 Å². The zero-order valence-electron chi connectivity index (χ0n) is 16.0. The number of carbonyl (C=O) groups is 1. The molecule has 1 saturated heterocycles. The van der Waals surface area contributed by atoms with Crippen LogP contribution in [0.4, 0.5) is 5.69 Å². The molecule has 1 heterocycles. The van der Waals surface area contributed by atoms with Crippen molar-refractivity contribution in [2.24, 2.45) is 0 Å². The Morgan fingerprint density at radius 2 is 1.62 bits per heavy atom. The molecule has 1 amide bonds. The van der Waals surface area contributed by atoms with Crippen molar-refractivity contribution in [3.8, 4) is 0 Å². The number of anilines is 1. The van der Waals surface area contributed by atoms with Crippen LogP contribution in [-0.4, -0.2) is 31.7 Å². The highest BCUT2D eigenvalue weighted by molar-refractivity contribution is 7.89. The van der Waals surface area contributed by atoms with Crippen molar-refractivity contribution in [3.63, 3.8) is 0 Å². The monoisotopic (exact) mass is 454 g/mol. The van der Waals surface area contributed by atoms with Gasteiger partial charge in [-0.3, -0.25) is 4.79 Å². The summed E-state index contributed by atoms with van der Waals surface area (Å²) in [6, 6.07) is 11.5. The average molecular weight is 455 g/mol. The number of benzene rings is 2. The minimum atomic E-state index is -3.49. The smallest absolute Gasteiger partial charge is 0.243 e. The predicted molar refractivity (Wildman–Crippen MR) is 117 cm³/mol. The Bertz CT molecular complexity index is 954. The topological polar surface area (TPSA) is 66.5 Å². The lowest BCUT2D eigenvalue weighted by Crippen LogP contribution is -2.31. The first-order chi connectivity index (χ1) is 13.9. The Balaban J connectivity index is 1.58. The van der Waals surface area contributed by atoms with E-state index >= 15 is 0 Å². The fourth-order valence-electron chi connectivity index (χ4n) is 3.34. The maximum absolute atomic E-state index is 12.8. The summed E-state index contributed by atoms with van der Waals surface area (Å²) in [6.45, 7) is 1.13. The van der Waals surface area contributed by atoms with Gasteiger partial charge in [0.05, 0.1) is 4.90 Å². The molecule has 0 aliphatic carbocycles. The lowest BCUT2D eigenvalue weighted by molar-refractivity contribution is -0.116.